The van der Waals surface area contributed by atoms with Gasteiger partial charge in [0, 0.05) is 11.8 Å². The van der Waals surface area contributed by atoms with Crippen molar-refractivity contribution in [1.29, 1.82) is 0 Å². The van der Waals surface area contributed by atoms with Gasteiger partial charge < -0.3 is 10.6 Å². The smallest absolute Gasteiger partial charge is 0.274 e. The minimum atomic E-state index is -0.313. The zero-order valence-corrected chi connectivity index (χ0v) is 13.6. The Hall–Kier alpha value is -3.54. The van der Waals surface area contributed by atoms with E-state index in [4.69, 9.17) is 0 Å². The summed E-state index contributed by atoms with van der Waals surface area (Å²) in [6.45, 7) is 1.83. The summed E-state index contributed by atoms with van der Waals surface area (Å²) >= 11 is 0. The predicted molar refractivity (Wildman–Crippen MR) is 95.6 cm³/mol. The van der Waals surface area contributed by atoms with Gasteiger partial charge in [-0.05, 0) is 42.8 Å². The van der Waals surface area contributed by atoms with E-state index in [1.54, 1.807) is 54.7 Å². The lowest BCUT2D eigenvalue weighted by molar-refractivity contribution is 0.101. The van der Waals surface area contributed by atoms with E-state index in [1.807, 2.05) is 13.0 Å². The second-order valence-corrected chi connectivity index (χ2v) is 5.37. The molecule has 2 aromatic heterocycles. The van der Waals surface area contributed by atoms with Gasteiger partial charge in [0.25, 0.3) is 11.8 Å². The summed E-state index contributed by atoms with van der Waals surface area (Å²) in [4.78, 5) is 32.5. The molecule has 0 aliphatic heterocycles. The Bertz CT molecular complexity index is 896. The minimum absolute atomic E-state index is 0.238. The molecule has 0 saturated heterocycles. The molecule has 0 bridgehead atoms. The third kappa shape index (κ3) is 4.06. The van der Waals surface area contributed by atoms with Crippen LogP contribution in [0.15, 0.2) is 67.0 Å². The molecule has 2 N–H and O–H groups in total. The van der Waals surface area contributed by atoms with E-state index in [2.05, 4.69) is 20.6 Å². The highest BCUT2D eigenvalue weighted by atomic mass is 16.2. The van der Waals surface area contributed by atoms with Crippen LogP contribution in [-0.4, -0.2) is 21.8 Å². The molecule has 0 unspecified atom stereocenters. The molecule has 1 aromatic carbocycles. The highest BCUT2D eigenvalue weighted by molar-refractivity contribution is 6.04. The fourth-order valence-electron chi connectivity index (χ4n) is 2.22. The highest BCUT2D eigenvalue weighted by Crippen LogP contribution is 2.18. The van der Waals surface area contributed by atoms with Crippen molar-refractivity contribution in [2.24, 2.45) is 0 Å². The number of hydrogen-bond acceptors (Lipinski definition) is 4. The van der Waals surface area contributed by atoms with Crippen molar-refractivity contribution >= 4 is 23.3 Å². The van der Waals surface area contributed by atoms with Gasteiger partial charge in [-0.15, -0.1) is 0 Å². The van der Waals surface area contributed by atoms with Crippen LogP contribution in [0.4, 0.5) is 11.5 Å². The van der Waals surface area contributed by atoms with Crippen molar-refractivity contribution < 1.29 is 9.59 Å². The van der Waals surface area contributed by atoms with Gasteiger partial charge in [-0.3, -0.25) is 14.6 Å². The number of anilines is 2. The Kier molecular flexibility index (Phi) is 4.80. The van der Waals surface area contributed by atoms with Crippen LogP contribution < -0.4 is 10.6 Å². The molecule has 0 atom stereocenters. The first-order chi connectivity index (χ1) is 12.1. The van der Waals surface area contributed by atoms with Gasteiger partial charge in [0.1, 0.15) is 11.5 Å². The van der Waals surface area contributed by atoms with Crippen LogP contribution in [0.3, 0.4) is 0 Å². The Morgan fingerprint density at radius 3 is 2.32 bits per heavy atom. The number of amides is 2. The number of pyridine rings is 2. The summed E-state index contributed by atoms with van der Waals surface area (Å²) in [5.74, 6) is -0.133. The summed E-state index contributed by atoms with van der Waals surface area (Å²) in [6.07, 6.45) is 3.07. The second kappa shape index (κ2) is 7.35. The summed E-state index contributed by atoms with van der Waals surface area (Å²) < 4.78 is 0. The van der Waals surface area contributed by atoms with E-state index >= 15 is 0 Å². The first-order valence-electron chi connectivity index (χ1n) is 7.69. The molecule has 0 saturated carbocycles. The highest BCUT2D eigenvalue weighted by Gasteiger charge is 2.11. The van der Waals surface area contributed by atoms with Gasteiger partial charge in [0.15, 0.2) is 0 Å². The normalized spacial score (nSPS) is 10.1. The van der Waals surface area contributed by atoms with E-state index in [0.29, 0.717) is 22.8 Å². The molecule has 3 rings (SSSR count). The van der Waals surface area contributed by atoms with Crippen LogP contribution in [0, 0.1) is 6.92 Å². The number of nitrogens with one attached hydrogen (secondary N) is 2. The number of rotatable bonds is 4. The summed E-state index contributed by atoms with van der Waals surface area (Å²) in [6, 6.07) is 15.7. The zero-order chi connectivity index (χ0) is 17.6. The number of hydrogen-bond donors (Lipinski definition) is 2. The molecule has 6 heteroatoms. The maximum Gasteiger partial charge on any atom is 0.274 e. The van der Waals surface area contributed by atoms with E-state index < -0.39 is 0 Å². The van der Waals surface area contributed by atoms with E-state index in [0.717, 1.165) is 5.56 Å². The number of aryl methyl sites for hydroxylation is 1. The average Bonchev–Trinajstić information content (AvgIpc) is 2.65. The summed E-state index contributed by atoms with van der Waals surface area (Å²) in [5.41, 5.74) is 2.22. The van der Waals surface area contributed by atoms with Crippen LogP contribution in [0.2, 0.25) is 0 Å². The van der Waals surface area contributed by atoms with Gasteiger partial charge in [-0.2, -0.15) is 0 Å². The van der Waals surface area contributed by atoms with Crippen molar-refractivity contribution in [3.63, 3.8) is 0 Å². The van der Waals surface area contributed by atoms with Gasteiger partial charge >= 0.3 is 0 Å². The van der Waals surface area contributed by atoms with Crippen molar-refractivity contribution in [3.05, 3.63) is 83.8 Å². The molecule has 25 heavy (non-hydrogen) atoms. The van der Waals surface area contributed by atoms with Gasteiger partial charge in [0.2, 0.25) is 0 Å². The van der Waals surface area contributed by atoms with Crippen LogP contribution in [0.1, 0.15) is 26.4 Å². The number of benzene rings is 1. The lowest BCUT2D eigenvalue weighted by Crippen LogP contribution is -2.16. The van der Waals surface area contributed by atoms with Gasteiger partial charge in [-0.1, -0.05) is 24.3 Å². The molecule has 2 heterocycles. The van der Waals surface area contributed by atoms with E-state index in [1.165, 1.54) is 6.20 Å². The molecule has 0 fully saturated rings. The number of aromatic nitrogens is 2. The molecular formula is C19H16N4O2. The van der Waals surface area contributed by atoms with Gasteiger partial charge in [0.05, 0.1) is 11.9 Å². The summed E-state index contributed by atoms with van der Waals surface area (Å²) in [5, 5.41) is 5.50. The maximum absolute atomic E-state index is 12.1. The molecule has 124 valence electrons. The van der Waals surface area contributed by atoms with Crippen LogP contribution in [0.25, 0.3) is 0 Å². The lowest BCUT2D eigenvalue weighted by atomic mass is 10.2. The van der Waals surface area contributed by atoms with Crippen LogP contribution in [-0.2, 0) is 0 Å². The maximum atomic E-state index is 12.1. The Morgan fingerprint density at radius 1 is 0.880 bits per heavy atom. The van der Waals surface area contributed by atoms with Crippen molar-refractivity contribution in [1.82, 2.24) is 9.97 Å². The first kappa shape index (κ1) is 16.3. The molecule has 0 aliphatic rings. The number of nitrogens with zero attached hydrogens (tertiary/aromatic N) is 2. The second-order valence-electron chi connectivity index (χ2n) is 5.37. The third-order valence-electron chi connectivity index (χ3n) is 3.53. The Balaban J connectivity index is 1.71. The van der Waals surface area contributed by atoms with E-state index in [9.17, 15) is 9.59 Å². The Morgan fingerprint density at radius 2 is 1.64 bits per heavy atom. The predicted octanol–water partition coefficient (Wildman–Crippen LogP) is 3.29. The molecule has 0 radical (unpaired) electrons. The standard InChI is InChI=1S/C19H16N4O2/c1-13-11-17(23-18(24)14-7-3-2-4-8-14)21-12-16(13)22-19(25)15-9-5-6-10-20-15/h2-12H,1H3,(H,22,25)(H,21,23,24). The summed E-state index contributed by atoms with van der Waals surface area (Å²) in [7, 11) is 0. The first-order valence-corrected chi connectivity index (χ1v) is 7.69. The Labute approximate surface area is 145 Å². The fourth-order valence-corrected chi connectivity index (χ4v) is 2.22. The molecule has 0 spiro atoms. The molecular weight excluding hydrogens is 316 g/mol. The molecule has 0 aliphatic carbocycles. The van der Waals surface area contributed by atoms with Crippen LogP contribution >= 0.6 is 0 Å². The monoisotopic (exact) mass is 332 g/mol. The number of carbonyl (C=O) groups is 2. The van der Waals surface area contributed by atoms with Crippen molar-refractivity contribution in [3.8, 4) is 0 Å². The quantitative estimate of drug-likeness (QED) is 0.768. The van der Waals surface area contributed by atoms with Gasteiger partial charge in [-0.25, -0.2) is 4.98 Å². The SMILES string of the molecule is Cc1cc(NC(=O)c2ccccc2)ncc1NC(=O)c1ccccn1. The molecule has 3 aromatic rings. The van der Waals surface area contributed by atoms with Crippen LogP contribution in [0.5, 0.6) is 0 Å². The third-order valence-corrected chi connectivity index (χ3v) is 3.53. The lowest BCUT2D eigenvalue weighted by Gasteiger charge is -2.10. The van der Waals surface area contributed by atoms with Crippen molar-refractivity contribution in [2.75, 3.05) is 10.6 Å². The average molecular weight is 332 g/mol. The minimum Gasteiger partial charge on any atom is -0.319 e. The topological polar surface area (TPSA) is 84.0 Å². The number of carbonyl (C=O) groups excluding carboxylic acids is 2. The molecule has 2 amide bonds. The van der Waals surface area contributed by atoms with E-state index in [-0.39, 0.29) is 11.8 Å². The largest absolute Gasteiger partial charge is 0.319 e. The zero-order valence-electron chi connectivity index (χ0n) is 13.6. The fraction of sp³-hybridized carbons (Fsp3) is 0.0526. The van der Waals surface area contributed by atoms with Crippen molar-refractivity contribution in [2.45, 2.75) is 6.92 Å². The molecule has 6 nitrogen and oxygen atoms in total.